The van der Waals surface area contributed by atoms with Gasteiger partial charge in [-0.1, -0.05) is 30.8 Å². The van der Waals surface area contributed by atoms with Crippen molar-refractivity contribution in [1.82, 2.24) is 14.9 Å². The molecule has 3 rings (SSSR count). The molecule has 1 aromatic heterocycles. The van der Waals surface area contributed by atoms with Crippen LogP contribution in [-0.2, 0) is 12.2 Å². The number of rotatable bonds is 7. The first-order valence-corrected chi connectivity index (χ1v) is 10.7. The third kappa shape index (κ3) is 5.01. The van der Waals surface area contributed by atoms with Crippen LogP contribution in [0.15, 0.2) is 35.5 Å². The molecule has 5 nitrogen and oxygen atoms in total. The number of amides is 1. The molecular formula is C21H28N4OS. The van der Waals surface area contributed by atoms with Gasteiger partial charge in [-0.25, -0.2) is 9.97 Å². The molecular weight excluding hydrogens is 356 g/mol. The van der Waals surface area contributed by atoms with Gasteiger partial charge in [-0.15, -0.1) is 0 Å². The van der Waals surface area contributed by atoms with Crippen LogP contribution in [-0.4, -0.2) is 47.5 Å². The van der Waals surface area contributed by atoms with E-state index in [0.29, 0.717) is 6.54 Å². The summed E-state index contributed by atoms with van der Waals surface area (Å²) in [4.78, 5) is 25.7. The molecule has 0 spiro atoms. The van der Waals surface area contributed by atoms with E-state index in [1.165, 1.54) is 18.4 Å². The fourth-order valence-corrected chi connectivity index (χ4v) is 3.90. The van der Waals surface area contributed by atoms with Crippen LogP contribution in [0.3, 0.4) is 0 Å². The Balaban J connectivity index is 1.67. The number of anilines is 1. The van der Waals surface area contributed by atoms with Crippen molar-refractivity contribution in [3.63, 3.8) is 0 Å². The van der Waals surface area contributed by atoms with Crippen molar-refractivity contribution in [3.8, 4) is 0 Å². The molecule has 0 N–H and O–H groups in total. The summed E-state index contributed by atoms with van der Waals surface area (Å²) >= 11 is 1.66. The van der Waals surface area contributed by atoms with Crippen molar-refractivity contribution in [1.29, 1.82) is 0 Å². The molecule has 144 valence electrons. The normalized spacial score (nSPS) is 13.8. The lowest BCUT2D eigenvalue weighted by Gasteiger charge is -2.17. The van der Waals surface area contributed by atoms with Gasteiger partial charge in [-0.2, -0.15) is 0 Å². The highest BCUT2D eigenvalue weighted by Crippen LogP contribution is 2.25. The van der Waals surface area contributed by atoms with E-state index in [0.717, 1.165) is 47.5 Å². The van der Waals surface area contributed by atoms with Crippen molar-refractivity contribution >= 4 is 23.5 Å². The van der Waals surface area contributed by atoms with E-state index in [4.69, 9.17) is 4.98 Å². The highest BCUT2D eigenvalue weighted by Gasteiger charge is 2.16. The summed E-state index contributed by atoms with van der Waals surface area (Å²) in [7, 11) is 1.82. The molecule has 2 heterocycles. The Morgan fingerprint density at radius 2 is 1.85 bits per heavy atom. The number of thioether (sulfide) groups is 1. The summed E-state index contributed by atoms with van der Waals surface area (Å²) in [6, 6.07) is 9.98. The molecule has 1 amide bonds. The smallest absolute Gasteiger partial charge is 0.253 e. The summed E-state index contributed by atoms with van der Waals surface area (Å²) in [5, 5.41) is 0.835. The second kappa shape index (κ2) is 9.22. The standard InChI is InChI=1S/C21H28N4OS/c1-4-18-14-19(25-12-6-7-13-25)23-21(22-18)27-15-16-8-10-17(11-9-16)20(26)24(3)5-2/h8-11,14H,4-7,12-13,15H2,1-3H3. The first kappa shape index (κ1) is 19.7. The maximum absolute atomic E-state index is 12.2. The molecule has 0 radical (unpaired) electrons. The molecule has 1 saturated heterocycles. The van der Waals surface area contributed by atoms with Gasteiger partial charge in [0.15, 0.2) is 5.16 Å². The lowest BCUT2D eigenvalue weighted by Crippen LogP contribution is -2.26. The molecule has 6 heteroatoms. The van der Waals surface area contributed by atoms with Gasteiger partial charge in [0, 0.05) is 49.8 Å². The Labute approximate surface area is 166 Å². The second-order valence-electron chi connectivity index (χ2n) is 6.85. The number of aromatic nitrogens is 2. The van der Waals surface area contributed by atoms with E-state index in [9.17, 15) is 4.79 Å². The van der Waals surface area contributed by atoms with Crippen molar-refractivity contribution in [3.05, 3.63) is 47.2 Å². The van der Waals surface area contributed by atoms with Gasteiger partial charge in [0.1, 0.15) is 5.82 Å². The highest BCUT2D eigenvalue weighted by atomic mass is 32.2. The number of hydrogen-bond acceptors (Lipinski definition) is 5. The van der Waals surface area contributed by atoms with Crippen LogP contribution in [0.2, 0.25) is 0 Å². The van der Waals surface area contributed by atoms with Crippen LogP contribution in [0.4, 0.5) is 5.82 Å². The van der Waals surface area contributed by atoms with E-state index in [1.54, 1.807) is 16.7 Å². The summed E-state index contributed by atoms with van der Waals surface area (Å²) in [6.45, 7) is 7.00. The number of carbonyl (C=O) groups excluding carboxylic acids is 1. The van der Waals surface area contributed by atoms with Gasteiger partial charge in [-0.05, 0) is 43.9 Å². The van der Waals surface area contributed by atoms with Gasteiger partial charge in [0.2, 0.25) is 0 Å². The molecule has 0 aliphatic carbocycles. The van der Waals surface area contributed by atoms with Crippen molar-refractivity contribution < 1.29 is 4.79 Å². The Morgan fingerprint density at radius 1 is 1.15 bits per heavy atom. The third-order valence-corrected chi connectivity index (χ3v) is 5.85. The SMILES string of the molecule is CCc1cc(N2CCCC2)nc(SCc2ccc(C(=O)N(C)CC)cc2)n1. The summed E-state index contributed by atoms with van der Waals surface area (Å²) in [5.74, 6) is 1.92. The number of benzene rings is 1. The largest absolute Gasteiger partial charge is 0.356 e. The average molecular weight is 385 g/mol. The summed E-state index contributed by atoms with van der Waals surface area (Å²) in [5.41, 5.74) is 3.00. The minimum atomic E-state index is 0.0611. The van der Waals surface area contributed by atoms with E-state index < -0.39 is 0 Å². The molecule has 1 aliphatic rings. The third-order valence-electron chi connectivity index (χ3n) is 4.93. The molecule has 2 aromatic rings. The quantitative estimate of drug-likeness (QED) is 0.533. The Morgan fingerprint density at radius 3 is 2.48 bits per heavy atom. The van der Waals surface area contributed by atoms with Crippen LogP contribution < -0.4 is 4.90 Å². The van der Waals surface area contributed by atoms with Gasteiger partial charge in [0.25, 0.3) is 5.91 Å². The van der Waals surface area contributed by atoms with Crippen LogP contribution in [0, 0.1) is 0 Å². The highest BCUT2D eigenvalue weighted by molar-refractivity contribution is 7.98. The number of nitrogens with zero attached hydrogens (tertiary/aromatic N) is 4. The lowest BCUT2D eigenvalue weighted by molar-refractivity contribution is 0.0802. The first-order valence-electron chi connectivity index (χ1n) is 9.70. The molecule has 0 atom stereocenters. The molecule has 1 aliphatic heterocycles. The Kier molecular flexibility index (Phi) is 6.72. The maximum atomic E-state index is 12.2. The zero-order valence-corrected chi connectivity index (χ0v) is 17.3. The monoisotopic (exact) mass is 384 g/mol. The van der Waals surface area contributed by atoms with E-state index in [1.807, 2.05) is 38.2 Å². The van der Waals surface area contributed by atoms with Crippen molar-refractivity contribution in [2.24, 2.45) is 0 Å². The molecule has 0 saturated carbocycles. The van der Waals surface area contributed by atoms with Crippen LogP contribution >= 0.6 is 11.8 Å². The van der Waals surface area contributed by atoms with Crippen LogP contribution in [0.1, 0.15) is 48.3 Å². The number of carbonyl (C=O) groups is 1. The molecule has 0 bridgehead atoms. The predicted octanol–water partition coefficient (Wildman–Crippen LogP) is 4.02. The van der Waals surface area contributed by atoms with Gasteiger partial charge in [0.05, 0.1) is 0 Å². The Bertz CT molecular complexity index is 772. The average Bonchev–Trinajstić information content (AvgIpc) is 3.26. The molecule has 1 fully saturated rings. The maximum Gasteiger partial charge on any atom is 0.253 e. The van der Waals surface area contributed by atoms with Crippen LogP contribution in [0.5, 0.6) is 0 Å². The molecule has 1 aromatic carbocycles. The van der Waals surface area contributed by atoms with E-state index >= 15 is 0 Å². The van der Waals surface area contributed by atoms with E-state index in [-0.39, 0.29) is 5.91 Å². The molecule has 0 unspecified atom stereocenters. The molecule has 27 heavy (non-hydrogen) atoms. The second-order valence-corrected chi connectivity index (χ2v) is 7.80. The fraction of sp³-hybridized carbons (Fsp3) is 0.476. The minimum absolute atomic E-state index is 0.0611. The summed E-state index contributed by atoms with van der Waals surface area (Å²) < 4.78 is 0. The number of aryl methyl sites for hydroxylation is 1. The predicted molar refractivity (Wildman–Crippen MR) is 111 cm³/mol. The minimum Gasteiger partial charge on any atom is -0.356 e. The van der Waals surface area contributed by atoms with Gasteiger partial charge >= 0.3 is 0 Å². The zero-order valence-electron chi connectivity index (χ0n) is 16.4. The fourth-order valence-electron chi connectivity index (χ4n) is 3.07. The van der Waals surface area contributed by atoms with Crippen LogP contribution in [0.25, 0.3) is 0 Å². The first-order chi connectivity index (χ1) is 13.1. The summed E-state index contributed by atoms with van der Waals surface area (Å²) in [6.07, 6.45) is 3.40. The van der Waals surface area contributed by atoms with Gasteiger partial charge < -0.3 is 9.80 Å². The van der Waals surface area contributed by atoms with Crippen molar-refractivity contribution in [2.75, 3.05) is 31.6 Å². The topological polar surface area (TPSA) is 49.3 Å². The zero-order chi connectivity index (χ0) is 19.2. The Hall–Kier alpha value is -2.08. The van der Waals surface area contributed by atoms with Gasteiger partial charge in [-0.3, -0.25) is 4.79 Å². The lowest BCUT2D eigenvalue weighted by atomic mass is 10.1. The van der Waals surface area contributed by atoms with Crippen molar-refractivity contribution in [2.45, 2.75) is 44.0 Å². The number of hydrogen-bond donors (Lipinski definition) is 0. The van der Waals surface area contributed by atoms with E-state index in [2.05, 4.69) is 22.9 Å².